The minimum absolute atomic E-state index is 0.110. The van der Waals surface area contributed by atoms with Crippen LogP contribution in [0.4, 0.5) is 0 Å². The van der Waals surface area contributed by atoms with Crippen molar-refractivity contribution >= 4 is 41.3 Å². The number of hydrogen-bond acceptors (Lipinski definition) is 6. The maximum absolute atomic E-state index is 13.7. The first-order valence-electron chi connectivity index (χ1n) is 15.9. The second-order valence-electron chi connectivity index (χ2n) is 16.3. The van der Waals surface area contributed by atoms with E-state index < -0.39 is 55.3 Å². The van der Waals surface area contributed by atoms with Crippen LogP contribution in [0.5, 0.6) is 0 Å². The van der Waals surface area contributed by atoms with Gasteiger partial charge in [-0.2, -0.15) is 0 Å². The smallest absolute Gasteiger partial charge is 0.318 e. The van der Waals surface area contributed by atoms with Crippen molar-refractivity contribution in [2.75, 3.05) is 6.61 Å². The van der Waals surface area contributed by atoms with Gasteiger partial charge in [0.2, 0.25) is 0 Å². The van der Waals surface area contributed by atoms with E-state index in [4.69, 9.17) is 18.0 Å². The van der Waals surface area contributed by atoms with E-state index in [1.807, 2.05) is 36.4 Å². The summed E-state index contributed by atoms with van der Waals surface area (Å²) in [6.07, 6.45) is -2.27. The number of esters is 1. The predicted molar refractivity (Wildman–Crippen MR) is 191 cm³/mol. The quantitative estimate of drug-likeness (QED) is 0.0840. The van der Waals surface area contributed by atoms with E-state index in [-0.39, 0.29) is 21.7 Å². The minimum atomic E-state index is -2.96. The summed E-state index contributed by atoms with van der Waals surface area (Å²) in [5, 5.41) is 5.65. The molecule has 0 saturated carbocycles. The van der Waals surface area contributed by atoms with Crippen LogP contribution in [0.1, 0.15) is 62.3 Å². The molecule has 248 valence electrons. The molecule has 45 heavy (non-hydrogen) atoms. The number of benzene rings is 2. The van der Waals surface area contributed by atoms with Gasteiger partial charge in [0.25, 0.3) is 8.32 Å². The van der Waals surface area contributed by atoms with Crippen molar-refractivity contribution in [3.63, 3.8) is 0 Å². The van der Waals surface area contributed by atoms with E-state index in [0.717, 1.165) is 10.4 Å². The zero-order valence-corrected chi connectivity index (χ0v) is 32.7. The summed E-state index contributed by atoms with van der Waals surface area (Å²) < 4.78 is 27.5. The largest absolute Gasteiger partial charge is 0.457 e. The molecule has 4 atom stereocenters. The molecule has 2 aromatic rings. The fourth-order valence-corrected chi connectivity index (χ4v) is 12.6. The van der Waals surface area contributed by atoms with Crippen LogP contribution in [0.3, 0.4) is 0 Å². The normalized spacial score (nSPS) is 22.0. The summed E-state index contributed by atoms with van der Waals surface area (Å²) in [7, 11) is -7.87. The third-order valence-electron chi connectivity index (χ3n) is 10.0. The molecule has 0 bridgehead atoms. The minimum Gasteiger partial charge on any atom is -0.457 e. The molecule has 1 fully saturated rings. The number of cyclic esters (lactones) is 1. The number of azide groups is 1. The molecule has 1 aliphatic heterocycles. The summed E-state index contributed by atoms with van der Waals surface area (Å²) in [5.41, 5.74) is 9.53. The molecular formula is C34H55N3O5Si3. The van der Waals surface area contributed by atoms with Crippen LogP contribution in [-0.4, -0.2) is 61.9 Å². The Kier molecular flexibility index (Phi) is 11.1. The molecule has 0 unspecified atom stereocenters. The molecule has 1 heterocycles. The van der Waals surface area contributed by atoms with Crippen molar-refractivity contribution in [3.05, 3.63) is 71.1 Å². The van der Waals surface area contributed by atoms with Crippen LogP contribution in [0.25, 0.3) is 10.4 Å². The third kappa shape index (κ3) is 7.84. The van der Waals surface area contributed by atoms with Gasteiger partial charge in [0.15, 0.2) is 28.8 Å². The maximum Gasteiger partial charge on any atom is 0.318 e. The summed E-state index contributed by atoms with van der Waals surface area (Å²) in [4.78, 5) is 16.7. The molecular weight excluding hydrogens is 615 g/mol. The lowest BCUT2D eigenvalue weighted by Crippen LogP contribution is -2.69. The van der Waals surface area contributed by atoms with Crippen LogP contribution in [-0.2, 0) is 22.8 Å². The first-order valence-corrected chi connectivity index (χ1v) is 23.7. The van der Waals surface area contributed by atoms with Gasteiger partial charge in [-0.15, -0.1) is 0 Å². The van der Waals surface area contributed by atoms with Crippen molar-refractivity contribution in [1.29, 1.82) is 0 Å². The first-order chi connectivity index (χ1) is 20.6. The second kappa shape index (κ2) is 13.5. The first kappa shape index (κ1) is 37.2. The van der Waals surface area contributed by atoms with Crippen molar-refractivity contribution in [1.82, 2.24) is 0 Å². The average Bonchev–Trinajstić information content (AvgIpc) is 2.92. The van der Waals surface area contributed by atoms with Gasteiger partial charge in [0.05, 0.1) is 12.7 Å². The van der Waals surface area contributed by atoms with Crippen molar-refractivity contribution in [3.8, 4) is 0 Å². The Labute approximate surface area is 274 Å². The Morgan fingerprint density at radius 1 is 0.733 bits per heavy atom. The van der Waals surface area contributed by atoms with Crippen LogP contribution >= 0.6 is 0 Å². The fourth-order valence-electron chi connectivity index (χ4n) is 5.39. The molecule has 0 aliphatic carbocycles. The van der Waals surface area contributed by atoms with Gasteiger partial charge in [0, 0.05) is 4.91 Å². The van der Waals surface area contributed by atoms with Crippen molar-refractivity contribution in [2.24, 2.45) is 5.11 Å². The van der Waals surface area contributed by atoms with Gasteiger partial charge >= 0.3 is 5.97 Å². The molecule has 8 nitrogen and oxygen atoms in total. The molecule has 0 aromatic heterocycles. The van der Waals surface area contributed by atoms with Gasteiger partial charge in [-0.05, 0) is 57.2 Å². The highest BCUT2D eigenvalue weighted by atomic mass is 28.4. The molecule has 0 spiro atoms. The molecule has 0 N–H and O–H groups in total. The van der Waals surface area contributed by atoms with Gasteiger partial charge in [-0.25, -0.2) is 0 Å². The Bertz CT molecular complexity index is 1310. The molecule has 2 aromatic carbocycles. The number of carbonyl (C=O) groups excluding carboxylic acids is 1. The van der Waals surface area contributed by atoms with E-state index in [2.05, 4.69) is 123 Å². The SMILES string of the molecule is CC(C)(C)[Si](C)(C)O[C@@H]1[C@H](O[Si](C)(C)C(C)(C)C)[C@@H](N=[N+]=[N-])C(=O)O[C@@H]1CO[Si](c1ccccc1)(c1ccccc1)C(C)(C)C. The zero-order valence-electron chi connectivity index (χ0n) is 29.7. The van der Waals surface area contributed by atoms with Crippen molar-refractivity contribution < 1.29 is 22.8 Å². The Balaban J connectivity index is 2.20. The molecule has 1 aliphatic rings. The van der Waals surface area contributed by atoms with Gasteiger partial charge < -0.3 is 18.0 Å². The molecule has 1 saturated heterocycles. The zero-order chi connectivity index (χ0) is 34.1. The topological polar surface area (TPSA) is 103 Å². The van der Waals surface area contributed by atoms with Crippen LogP contribution in [0, 0.1) is 0 Å². The molecule has 3 rings (SSSR count). The van der Waals surface area contributed by atoms with E-state index in [1.165, 1.54) is 0 Å². The lowest BCUT2D eigenvalue weighted by Gasteiger charge is -2.50. The molecule has 0 amide bonds. The van der Waals surface area contributed by atoms with Crippen LogP contribution in [0.15, 0.2) is 65.8 Å². The van der Waals surface area contributed by atoms with Crippen LogP contribution < -0.4 is 10.4 Å². The third-order valence-corrected chi connectivity index (χ3v) is 24.0. The Hall–Kier alpha value is -2.25. The molecule has 11 heteroatoms. The number of ether oxygens (including phenoxy) is 1. The van der Waals surface area contributed by atoms with Gasteiger partial charge in [-0.1, -0.05) is 128 Å². The lowest BCUT2D eigenvalue weighted by molar-refractivity contribution is -0.182. The van der Waals surface area contributed by atoms with Gasteiger partial charge in [-0.3, -0.25) is 4.79 Å². The molecule has 0 radical (unpaired) electrons. The summed E-state index contributed by atoms with van der Waals surface area (Å²) in [6, 6.07) is 19.6. The number of rotatable bonds is 10. The monoisotopic (exact) mass is 669 g/mol. The lowest BCUT2D eigenvalue weighted by atomic mass is 9.98. The second-order valence-corrected chi connectivity index (χ2v) is 30.1. The van der Waals surface area contributed by atoms with E-state index in [9.17, 15) is 10.3 Å². The Morgan fingerprint density at radius 2 is 1.16 bits per heavy atom. The standard InChI is InChI=1S/C34H55N3O5Si3/c1-32(2,3)43(10,11)41-29-27(40-31(38)28(36-37-35)30(29)42-44(12,13)33(4,5)6)24-39-45(34(7,8)9,25-20-16-14-17-21-25)26-22-18-15-19-23-26/h14-23,27-30H,24H2,1-13H3/t27-,28-,29+,30-/m1/s1. The predicted octanol–water partition coefficient (Wildman–Crippen LogP) is 7.95. The Morgan fingerprint density at radius 3 is 1.53 bits per heavy atom. The van der Waals surface area contributed by atoms with E-state index in [0.29, 0.717) is 0 Å². The fraction of sp³-hybridized carbons (Fsp3) is 0.618. The summed E-state index contributed by atoms with van der Waals surface area (Å²) in [5.74, 6) is -0.609. The van der Waals surface area contributed by atoms with Crippen molar-refractivity contribution in [2.45, 2.75) is 128 Å². The highest BCUT2D eigenvalue weighted by molar-refractivity contribution is 6.99. The average molecular weight is 670 g/mol. The summed E-state index contributed by atoms with van der Waals surface area (Å²) >= 11 is 0. The highest BCUT2D eigenvalue weighted by Gasteiger charge is 2.56. The maximum atomic E-state index is 13.7. The summed E-state index contributed by atoms with van der Waals surface area (Å²) in [6.45, 7) is 28.4. The highest BCUT2D eigenvalue weighted by Crippen LogP contribution is 2.44. The van der Waals surface area contributed by atoms with Gasteiger partial charge in [0.1, 0.15) is 6.10 Å². The van der Waals surface area contributed by atoms with Crippen LogP contribution in [0.2, 0.25) is 41.3 Å². The number of carbonyl (C=O) groups is 1. The van der Waals surface area contributed by atoms with E-state index in [1.54, 1.807) is 0 Å². The van der Waals surface area contributed by atoms with E-state index >= 15 is 0 Å². The number of nitrogens with zero attached hydrogens (tertiary/aromatic N) is 3. The number of hydrogen-bond donors (Lipinski definition) is 0.